The molecular weight excluding hydrogens is 270 g/mol. The summed E-state index contributed by atoms with van der Waals surface area (Å²) in [6, 6.07) is 5.13. The molecule has 114 valence electrons. The number of benzene rings is 1. The Kier molecular flexibility index (Phi) is 3.91. The Hall–Kier alpha value is -2.08. The van der Waals surface area contributed by atoms with Crippen LogP contribution in [0.5, 0.6) is 0 Å². The van der Waals surface area contributed by atoms with Crippen LogP contribution < -0.4 is 5.32 Å². The van der Waals surface area contributed by atoms with E-state index in [4.69, 9.17) is 5.11 Å². The highest BCUT2D eigenvalue weighted by atomic mass is 16.4. The van der Waals surface area contributed by atoms with Crippen LogP contribution in [0, 0.1) is 0 Å². The van der Waals surface area contributed by atoms with Gasteiger partial charge in [0.25, 0.3) is 0 Å². The van der Waals surface area contributed by atoms with Gasteiger partial charge in [-0.25, -0.2) is 9.78 Å². The average molecular weight is 291 g/mol. The first-order valence-corrected chi connectivity index (χ1v) is 6.86. The first-order valence-electron chi connectivity index (χ1n) is 6.86. The monoisotopic (exact) mass is 291 g/mol. The molecule has 6 nitrogen and oxygen atoms in total. The van der Waals surface area contributed by atoms with E-state index in [1.807, 2.05) is 18.2 Å². The highest BCUT2D eigenvalue weighted by Gasteiger charge is 2.23. The zero-order valence-corrected chi connectivity index (χ0v) is 12.6. The van der Waals surface area contributed by atoms with E-state index in [9.17, 15) is 9.90 Å². The highest BCUT2D eigenvalue weighted by Crippen LogP contribution is 2.26. The molecule has 0 aliphatic rings. The van der Waals surface area contributed by atoms with Crippen molar-refractivity contribution in [2.45, 2.75) is 45.3 Å². The molecule has 0 saturated heterocycles. The standard InChI is InChI=1S/C15H21N3O3/c1-8(19)12(18-14(20)21)13-16-10-6-5-9(15(2,3)4)7-11(10)17-13/h5-8,12,18-19H,1-4H3,(H,16,17)(H,20,21)/t8-,12-/m0/s1. The summed E-state index contributed by atoms with van der Waals surface area (Å²) in [6.07, 6.45) is -2.08. The third-order valence-corrected chi connectivity index (χ3v) is 3.42. The molecule has 0 radical (unpaired) electrons. The van der Waals surface area contributed by atoms with Crippen molar-refractivity contribution >= 4 is 17.1 Å². The zero-order chi connectivity index (χ0) is 15.8. The van der Waals surface area contributed by atoms with E-state index in [1.165, 1.54) is 6.92 Å². The van der Waals surface area contributed by atoms with Gasteiger partial charge < -0.3 is 20.5 Å². The number of H-pyrrole nitrogens is 1. The molecular formula is C15H21N3O3. The van der Waals surface area contributed by atoms with Gasteiger partial charge in [0.2, 0.25) is 0 Å². The summed E-state index contributed by atoms with van der Waals surface area (Å²) in [5, 5.41) is 20.9. The first-order chi connectivity index (χ1) is 9.68. The molecule has 6 heteroatoms. The normalized spacial score (nSPS) is 14.9. The smallest absolute Gasteiger partial charge is 0.405 e. The molecule has 1 amide bonds. The maximum Gasteiger partial charge on any atom is 0.405 e. The summed E-state index contributed by atoms with van der Waals surface area (Å²) < 4.78 is 0. The molecule has 4 N–H and O–H groups in total. The number of hydrogen-bond donors (Lipinski definition) is 4. The second kappa shape index (κ2) is 5.37. The largest absolute Gasteiger partial charge is 0.465 e. The molecule has 2 aromatic rings. The van der Waals surface area contributed by atoms with Crippen molar-refractivity contribution in [3.8, 4) is 0 Å². The van der Waals surface area contributed by atoms with E-state index in [1.54, 1.807) is 0 Å². The van der Waals surface area contributed by atoms with Gasteiger partial charge in [-0.1, -0.05) is 26.8 Å². The van der Waals surface area contributed by atoms with Gasteiger partial charge in [0.05, 0.1) is 17.1 Å². The van der Waals surface area contributed by atoms with Crippen LogP contribution in [-0.4, -0.2) is 32.4 Å². The van der Waals surface area contributed by atoms with Crippen LogP contribution in [0.4, 0.5) is 4.79 Å². The van der Waals surface area contributed by atoms with E-state index in [-0.39, 0.29) is 5.41 Å². The summed E-state index contributed by atoms with van der Waals surface area (Å²) in [5.41, 5.74) is 2.75. The van der Waals surface area contributed by atoms with Crippen LogP contribution in [0.3, 0.4) is 0 Å². The lowest BCUT2D eigenvalue weighted by Crippen LogP contribution is -2.34. The van der Waals surface area contributed by atoms with Crippen LogP contribution in [0.2, 0.25) is 0 Å². The first kappa shape index (κ1) is 15.3. The van der Waals surface area contributed by atoms with Crippen molar-refractivity contribution in [1.29, 1.82) is 0 Å². The molecule has 0 bridgehead atoms. The van der Waals surface area contributed by atoms with E-state index in [2.05, 4.69) is 36.1 Å². The number of fused-ring (bicyclic) bond motifs is 1. The van der Waals surface area contributed by atoms with Crippen molar-refractivity contribution in [3.05, 3.63) is 29.6 Å². The van der Waals surface area contributed by atoms with Crippen molar-refractivity contribution in [1.82, 2.24) is 15.3 Å². The Morgan fingerprint density at radius 2 is 2.05 bits per heavy atom. The number of rotatable bonds is 3. The fourth-order valence-electron chi connectivity index (χ4n) is 2.19. The predicted molar refractivity (Wildman–Crippen MR) is 80.4 cm³/mol. The van der Waals surface area contributed by atoms with E-state index < -0.39 is 18.2 Å². The molecule has 1 heterocycles. The number of aliphatic hydroxyl groups excluding tert-OH is 1. The molecule has 0 saturated carbocycles. The van der Waals surface area contributed by atoms with Crippen LogP contribution >= 0.6 is 0 Å². The molecule has 0 spiro atoms. The van der Waals surface area contributed by atoms with Crippen LogP contribution in [0.1, 0.15) is 45.1 Å². The maximum atomic E-state index is 10.8. The molecule has 2 rings (SSSR count). The second-order valence-electron chi connectivity index (χ2n) is 6.27. The van der Waals surface area contributed by atoms with Crippen molar-refractivity contribution in [2.75, 3.05) is 0 Å². The quantitative estimate of drug-likeness (QED) is 0.698. The lowest BCUT2D eigenvalue weighted by atomic mass is 9.87. The molecule has 0 aliphatic carbocycles. The molecule has 2 atom stereocenters. The SMILES string of the molecule is C[C@H](O)[C@H](NC(=O)O)c1nc2ccc(C(C)(C)C)cc2[nH]1. The van der Waals surface area contributed by atoms with Gasteiger partial charge in [0.15, 0.2) is 0 Å². The third kappa shape index (κ3) is 3.33. The van der Waals surface area contributed by atoms with E-state index >= 15 is 0 Å². The minimum Gasteiger partial charge on any atom is -0.465 e. The number of carboxylic acid groups (broad SMARTS) is 1. The lowest BCUT2D eigenvalue weighted by molar-refractivity contribution is 0.130. The number of amides is 1. The predicted octanol–water partition coefficient (Wildman–Crippen LogP) is 2.55. The number of aliphatic hydroxyl groups is 1. The Morgan fingerprint density at radius 1 is 1.38 bits per heavy atom. The summed E-state index contributed by atoms with van der Waals surface area (Å²) in [4.78, 5) is 18.3. The van der Waals surface area contributed by atoms with Gasteiger partial charge >= 0.3 is 6.09 Å². The number of nitrogens with zero attached hydrogens (tertiary/aromatic N) is 1. The van der Waals surface area contributed by atoms with Gasteiger partial charge in [-0.05, 0) is 30.0 Å². The van der Waals surface area contributed by atoms with Gasteiger partial charge in [-0.15, -0.1) is 0 Å². The maximum absolute atomic E-state index is 10.8. The minimum atomic E-state index is -1.20. The molecule has 1 aromatic carbocycles. The lowest BCUT2D eigenvalue weighted by Gasteiger charge is -2.18. The third-order valence-electron chi connectivity index (χ3n) is 3.42. The van der Waals surface area contributed by atoms with Crippen LogP contribution in [0.15, 0.2) is 18.2 Å². The van der Waals surface area contributed by atoms with Gasteiger partial charge in [-0.3, -0.25) is 0 Å². The van der Waals surface area contributed by atoms with E-state index in [0.29, 0.717) is 5.82 Å². The van der Waals surface area contributed by atoms with E-state index in [0.717, 1.165) is 16.6 Å². The fraction of sp³-hybridized carbons (Fsp3) is 0.467. The zero-order valence-electron chi connectivity index (χ0n) is 12.6. The van der Waals surface area contributed by atoms with Crippen molar-refractivity contribution in [3.63, 3.8) is 0 Å². The summed E-state index contributed by atoms with van der Waals surface area (Å²) >= 11 is 0. The van der Waals surface area contributed by atoms with Crippen LogP contribution in [0.25, 0.3) is 11.0 Å². The number of nitrogens with one attached hydrogen (secondary N) is 2. The van der Waals surface area contributed by atoms with Gasteiger partial charge in [-0.2, -0.15) is 0 Å². The topological polar surface area (TPSA) is 98.2 Å². The number of aromatic nitrogens is 2. The van der Waals surface area contributed by atoms with Crippen molar-refractivity contribution < 1.29 is 15.0 Å². The Bertz CT molecular complexity index is 656. The number of imidazole rings is 1. The van der Waals surface area contributed by atoms with Gasteiger partial charge in [0, 0.05) is 0 Å². The Balaban J connectivity index is 2.44. The van der Waals surface area contributed by atoms with Crippen LogP contribution in [-0.2, 0) is 5.41 Å². The van der Waals surface area contributed by atoms with Crippen molar-refractivity contribution in [2.24, 2.45) is 0 Å². The number of aromatic amines is 1. The Labute approximate surface area is 123 Å². The fourth-order valence-corrected chi connectivity index (χ4v) is 2.19. The molecule has 0 fully saturated rings. The molecule has 0 unspecified atom stereocenters. The highest BCUT2D eigenvalue weighted by molar-refractivity contribution is 5.76. The molecule has 0 aliphatic heterocycles. The average Bonchev–Trinajstić information content (AvgIpc) is 2.76. The summed E-state index contributed by atoms with van der Waals surface area (Å²) in [6.45, 7) is 7.89. The molecule has 21 heavy (non-hydrogen) atoms. The number of carbonyl (C=O) groups is 1. The van der Waals surface area contributed by atoms with Gasteiger partial charge in [0.1, 0.15) is 11.9 Å². The molecule has 1 aromatic heterocycles. The second-order valence-corrected chi connectivity index (χ2v) is 6.27. The summed E-state index contributed by atoms with van der Waals surface area (Å²) in [7, 11) is 0. The Morgan fingerprint density at radius 3 is 2.57 bits per heavy atom. The summed E-state index contributed by atoms with van der Waals surface area (Å²) in [5.74, 6) is 0.411. The number of hydrogen-bond acceptors (Lipinski definition) is 3. The minimum absolute atomic E-state index is 0.0163.